The fourth-order valence-corrected chi connectivity index (χ4v) is 3.17. The van der Waals surface area contributed by atoms with E-state index in [4.69, 9.17) is 17.3 Å². The smallest absolute Gasteiger partial charge is 0.744 e. The number of benzene rings is 2. The molecule has 0 fully saturated rings. The fraction of sp³-hybridized carbons (Fsp3) is 0.133. The standard InChI is InChI=1S/C15H14ClN7O3S.Na/c1-23(2)15-19-13(16)18-14(20-15)22-21-10-7-11(27(24,25)26)8-5-3-4-6-9(8)12(10)17;/h3-7H,17H2,1-2H3,(H,24,25,26);/q;+1/p-1. The van der Waals surface area contributed by atoms with Gasteiger partial charge in [-0.3, -0.25) is 0 Å². The van der Waals surface area contributed by atoms with E-state index in [0.717, 1.165) is 6.07 Å². The Bertz CT molecular complexity index is 1170. The number of aromatic nitrogens is 3. The number of nitrogens with two attached hydrogens (primary N) is 1. The molecule has 2 N–H and O–H groups in total. The molecule has 0 aliphatic heterocycles. The van der Waals surface area contributed by atoms with Crippen LogP contribution in [0.25, 0.3) is 10.8 Å². The zero-order chi connectivity index (χ0) is 19.8. The third-order valence-corrected chi connectivity index (χ3v) is 4.57. The van der Waals surface area contributed by atoms with Gasteiger partial charge in [-0.05, 0) is 17.7 Å². The van der Waals surface area contributed by atoms with E-state index in [1.54, 1.807) is 37.2 Å². The maximum Gasteiger partial charge on any atom is 1.00 e. The van der Waals surface area contributed by atoms with E-state index in [2.05, 4.69) is 25.2 Å². The zero-order valence-corrected chi connectivity index (χ0v) is 18.7. The molecule has 0 atom stereocenters. The van der Waals surface area contributed by atoms with E-state index in [1.807, 2.05) is 0 Å². The molecule has 140 valence electrons. The summed E-state index contributed by atoms with van der Waals surface area (Å²) in [6.45, 7) is 0. The van der Waals surface area contributed by atoms with Crippen LogP contribution in [-0.2, 0) is 10.1 Å². The van der Waals surface area contributed by atoms with Crippen molar-refractivity contribution in [3.05, 3.63) is 35.6 Å². The second-order valence-corrected chi connectivity index (χ2v) is 7.29. The summed E-state index contributed by atoms with van der Waals surface area (Å²) < 4.78 is 34.9. The Kier molecular flexibility index (Phi) is 6.91. The number of nitrogens with zero attached hydrogens (tertiary/aromatic N) is 6. The predicted octanol–water partition coefficient (Wildman–Crippen LogP) is -0.350. The Hall–Kier alpha value is -1.89. The van der Waals surface area contributed by atoms with E-state index < -0.39 is 15.0 Å². The molecule has 13 heteroatoms. The SMILES string of the molecule is CN(C)c1nc(Cl)nc(N=Nc2cc(S(=O)(=O)[O-])c3ccccc3c2N)n1.[Na+]. The van der Waals surface area contributed by atoms with Crippen molar-refractivity contribution in [1.29, 1.82) is 0 Å². The summed E-state index contributed by atoms with van der Waals surface area (Å²) in [5.74, 6) is 0.163. The van der Waals surface area contributed by atoms with Crippen molar-refractivity contribution in [3.63, 3.8) is 0 Å². The van der Waals surface area contributed by atoms with Gasteiger partial charge in [0.25, 0.3) is 5.95 Å². The fourth-order valence-electron chi connectivity index (χ4n) is 2.31. The summed E-state index contributed by atoms with van der Waals surface area (Å²) in [6.07, 6.45) is 0. The number of hydrogen-bond donors (Lipinski definition) is 1. The largest absolute Gasteiger partial charge is 1.00 e. The van der Waals surface area contributed by atoms with Crippen LogP contribution >= 0.6 is 11.6 Å². The third-order valence-electron chi connectivity index (χ3n) is 3.53. The molecular formula is C15H13ClN7NaO3S. The van der Waals surface area contributed by atoms with Crippen molar-refractivity contribution in [1.82, 2.24) is 15.0 Å². The average molecular weight is 430 g/mol. The van der Waals surface area contributed by atoms with Crippen LogP contribution in [-0.4, -0.2) is 42.0 Å². The molecule has 0 spiro atoms. The molecule has 1 aromatic heterocycles. The molecule has 10 nitrogen and oxygen atoms in total. The minimum absolute atomic E-state index is 0. The van der Waals surface area contributed by atoms with Gasteiger partial charge >= 0.3 is 29.6 Å². The van der Waals surface area contributed by atoms with E-state index in [1.165, 1.54) is 6.07 Å². The van der Waals surface area contributed by atoms with Gasteiger partial charge in [0, 0.05) is 24.9 Å². The van der Waals surface area contributed by atoms with Crippen LogP contribution in [0.1, 0.15) is 0 Å². The first kappa shape index (κ1) is 22.4. The summed E-state index contributed by atoms with van der Waals surface area (Å²) in [7, 11) is -1.34. The third kappa shape index (κ3) is 4.74. The minimum Gasteiger partial charge on any atom is -0.744 e. The summed E-state index contributed by atoms with van der Waals surface area (Å²) in [5, 5.41) is 8.25. The van der Waals surface area contributed by atoms with Crippen molar-refractivity contribution in [3.8, 4) is 0 Å². The normalized spacial score (nSPS) is 11.6. The number of rotatable bonds is 4. The van der Waals surface area contributed by atoms with Gasteiger partial charge in [-0.2, -0.15) is 15.0 Å². The second-order valence-electron chi connectivity index (χ2n) is 5.61. The van der Waals surface area contributed by atoms with Crippen LogP contribution in [0.5, 0.6) is 0 Å². The first-order valence-electron chi connectivity index (χ1n) is 7.44. The topological polar surface area (TPSA) is 150 Å². The molecule has 0 saturated heterocycles. The first-order chi connectivity index (χ1) is 12.7. The van der Waals surface area contributed by atoms with Crippen molar-refractivity contribution in [2.75, 3.05) is 24.7 Å². The van der Waals surface area contributed by atoms with Crippen molar-refractivity contribution in [2.24, 2.45) is 10.2 Å². The molecule has 0 aliphatic carbocycles. The monoisotopic (exact) mass is 429 g/mol. The van der Waals surface area contributed by atoms with Gasteiger partial charge in [-0.25, -0.2) is 8.42 Å². The molecule has 2 aromatic carbocycles. The summed E-state index contributed by atoms with van der Waals surface area (Å²) in [5.41, 5.74) is 6.22. The number of azo groups is 1. The molecule has 1 heterocycles. The number of nitrogen functional groups attached to an aromatic ring is 1. The summed E-state index contributed by atoms with van der Waals surface area (Å²) >= 11 is 5.83. The number of anilines is 2. The Morgan fingerprint density at radius 1 is 1.11 bits per heavy atom. The van der Waals surface area contributed by atoms with Crippen LogP contribution in [0.3, 0.4) is 0 Å². The van der Waals surface area contributed by atoms with Gasteiger partial charge in [-0.15, -0.1) is 10.2 Å². The summed E-state index contributed by atoms with van der Waals surface area (Å²) in [6, 6.07) is 7.41. The van der Waals surface area contributed by atoms with Gasteiger partial charge < -0.3 is 15.2 Å². The average Bonchev–Trinajstić information content (AvgIpc) is 2.60. The zero-order valence-electron chi connectivity index (χ0n) is 15.2. The van der Waals surface area contributed by atoms with Crippen LogP contribution in [0.4, 0.5) is 23.3 Å². The van der Waals surface area contributed by atoms with E-state index >= 15 is 0 Å². The van der Waals surface area contributed by atoms with E-state index in [-0.39, 0.29) is 63.5 Å². The molecule has 0 radical (unpaired) electrons. The molecule has 3 rings (SSSR count). The van der Waals surface area contributed by atoms with Gasteiger partial charge in [0.1, 0.15) is 15.8 Å². The number of hydrogen-bond acceptors (Lipinski definition) is 10. The molecule has 0 saturated carbocycles. The molecule has 3 aromatic rings. The molecule has 0 aliphatic rings. The van der Waals surface area contributed by atoms with Crippen LogP contribution in [0, 0.1) is 0 Å². The quantitative estimate of drug-likeness (QED) is 0.256. The maximum absolute atomic E-state index is 11.6. The Morgan fingerprint density at radius 2 is 1.75 bits per heavy atom. The van der Waals surface area contributed by atoms with E-state index in [0.29, 0.717) is 5.39 Å². The molecule has 0 amide bonds. The van der Waals surface area contributed by atoms with Crippen LogP contribution in [0.15, 0.2) is 45.5 Å². The molecule has 0 bridgehead atoms. The number of halogens is 1. The minimum atomic E-state index is -4.75. The Labute approximate surface area is 187 Å². The van der Waals surface area contributed by atoms with Crippen molar-refractivity contribution in [2.45, 2.75) is 4.90 Å². The van der Waals surface area contributed by atoms with Gasteiger partial charge in [0.05, 0.1) is 10.6 Å². The summed E-state index contributed by atoms with van der Waals surface area (Å²) in [4.78, 5) is 13.0. The van der Waals surface area contributed by atoms with Crippen molar-refractivity contribution < 1.29 is 42.5 Å². The maximum atomic E-state index is 11.6. The van der Waals surface area contributed by atoms with Gasteiger partial charge in [0.2, 0.25) is 11.2 Å². The van der Waals surface area contributed by atoms with Gasteiger partial charge in [-0.1, -0.05) is 24.3 Å². The Morgan fingerprint density at radius 3 is 2.36 bits per heavy atom. The van der Waals surface area contributed by atoms with E-state index in [9.17, 15) is 13.0 Å². The Balaban J connectivity index is 0.00000280. The number of fused-ring (bicyclic) bond motifs is 1. The molecule has 0 unspecified atom stereocenters. The van der Waals surface area contributed by atoms with Gasteiger partial charge in [0.15, 0.2) is 0 Å². The second kappa shape index (κ2) is 8.64. The van der Waals surface area contributed by atoms with Crippen LogP contribution in [0.2, 0.25) is 5.28 Å². The van der Waals surface area contributed by atoms with Crippen LogP contribution < -0.4 is 40.2 Å². The predicted molar refractivity (Wildman–Crippen MR) is 99.7 cm³/mol. The molecule has 28 heavy (non-hydrogen) atoms. The first-order valence-corrected chi connectivity index (χ1v) is 9.23. The molecular weight excluding hydrogens is 417 g/mol. The van der Waals surface area contributed by atoms with Crippen molar-refractivity contribution >= 4 is 55.8 Å².